The zero-order valence-electron chi connectivity index (χ0n) is 10.0. The van der Waals surface area contributed by atoms with Crippen LogP contribution in [0.15, 0.2) is 18.3 Å². The van der Waals surface area contributed by atoms with Gasteiger partial charge in [0, 0.05) is 25.2 Å². The van der Waals surface area contributed by atoms with Crippen LogP contribution in [0, 0.1) is 12.8 Å². The molecule has 17 heavy (non-hydrogen) atoms. The van der Waals surface area contributed by atoms with Crippen LogP contribution >= 0.6 is 0 Å². The number of nitrogens with one attached hydrogen (secondary N) is 1. The molecular formula is C13H17N3O. The first-order valence-corrected chi connectivity index (χ1v) is 6.20. The van der Waals surface area contributed by atoms with Crippen molar-refractivity contribution in [1.29, 1.82) is 0 Å². The number of pyridine rings is 1. The van der Waals surface area contributed by atoms with Crippen LogP contribution in [0.4, 0.5) is 5.82 Å². The molecule has 4 heteroatoms. The molecule has 2 fully saturated rings. The van der Waals surface area contributed by atoms with Crippen LogP contribution in [0.1, 0.15) is 18.4 Å². The number of carbonyl (C=O) groups is 1. The van der Waals surface area contributed by atoms with Crippen LogP contribution in [-0.4, -0.2) is 34.9 Å². The van der Waals surface area contributed by atoms with E-state index < -0.39 is 0 Å². The Kier molecular flexibility index (Phi) is 2.50. The summed E-state index contributed by atoms with van der Waals surface area (Å²) in [7, 11) is 0. The topological polar surface area (TPSA) is 45.2 Å². The number of hydrogen-bond acceptors (Lipinski definition) is 3. The number of amides is 1. The van der Waals surface area contributed by atoms with Crippen molar-refractivity contribution >= 4 is 11.7 Å². The van der Waals surface area contributed by atoms with Crippen LogP contribution in [0.2, 0.25) is 0 Å². The predicted octanol–water partition coefficient (Wildman–Crippen LogP) is 1.42. The maximum absolute atomic E-state index is 11.7. The molecule has 1 aromatic heterocycles. The molecule has 0 spiro atoms. The van der Waals surface area contributed by atoms with Crippen molar-refractivity contribution in [1.82, 2.24) is 9.88 Å². The Hall–Kier alpha value is -1.58. The van der Waals surface area contributed by atoms with Gasteiger partial charge in [0.15, 0.2) is 0 Å². The quantitative estimate of drug-likeness (QED) is 0.855. The van der Waals surface area contributed by atoms with Gasteiger partial charge in [0.25, 0.3) is 0 Å². The summed E-state index contributed by atoms with van der Waals surface area (Å²) in [6, 6.07) is 4.38. The SMILES string of the molecule is Cc1ccnc(NC2CN(C(=O)C3CC3)C2)c1. The Bertz CT molecular complexity index is 436. The molecule has 2 aliphatic rings. The molecule has 1 amide bonds. The fourth-order valence-electron chi connectivity index (χ4n) is 2.16. The second-order valence-electron chi connectivity index (χ2n) is 5.08. The number of nitrogens with zero attached hydrogens (tertiary/aromatic N) is 2. The molecule has 0 aromatic carbocycles. The third-order valence-electron chi connectivity index (χ3n) is 3.39. The first-order valence-electron chi connectivity index (χ1n) is 6.20. The van der Waals surface area contributed by atoms with Crippen molar-refractivity contribution in [2.24, 2.45) is 5.92 Å². The van der Waals surface area contributed by atoms with E-state index in [4.69, 9.17) is 0 Å². The smallest absolute Gasteiger partial charge is 0.225 e. The number of hydrogen-bond donors (Lipinski definition) is 1. The monoisotopic (exact) mass is 231 g/mol. The molecule has 0 unspecified atom stereocenters. The largest absolute Gasteiger partial charge is 0.364 e. The van der Waals surface area contributed by atoms with E-state index in [-0.39, 0.29) is 0 Å². The zero-order chi connectivity index (χ0) is 11.8. The molecule has 1 aliphatic carbocycles. The average Bonchev–Trinajstić information content (AvgIpc) is 3.05. The third kappa shape index (κ3) is 2.25. The predicted molar refractivity (Wildman–Crippen MR) is 65.7 cm³/mol. The number of aromatic nitrogens is 1. The van der Waals surface area contributed by atoms with Crippen LogP contribution in [0.5, 0.6) is 0 Å². The highest BCUT2D eigenvalue weighted by Crippen LogP contribution is 2.32. The number of carbonyl (C=O) groups excluding carboxylic acids is 1. The molecule has 1 saturated carbocycles. The summed E-state index contributed by atoms with van der Waals surface area (Å²) >= 11 is 0. The number of anilines is 1. The molecule has 0 atom stereocenters. The molecule has 1 N–H and O–H groups in total. The van der Waals surface area contributed by atoms with Gasteiger partial charge in [-0.15, -0.1) is 0 Å². The summed E-state index contributed by atoms with van der Waals surface area (Å²) in [4.78, 5) is 17.9. The Morgan fingerprint density at radius 3 is 2.88 bits per heavy atom. The lowest BCUT2D eigenvalue weighted by atomic mass is 10.1. The van der Waals surface area contributed by atoms with E-state index >= 15 is 0 Å². The summed E-state index contributed by atoms with van der Waals surface area (Å²) < 4.78 is 0. The summed E-state index contributed by atoms with van der Waals surface area (Å²) in [5.74, 6) is 1.60. The van der Waals surface area contributed by atoms with Crippen molar-refractivity contribution in [3.05, 3.63) is 23.9 Å². The Balaban J connectivity index is 1.51. The molecular weight excluding hydrogens is 214 g/mol. The van der Waals surface area contributed by atoms with E-state index in [2.05, 4.69) is 17.2 Å². The van der Waals surface area contributed by atoms with Crippen LogP contribution in [-0.2, 0) is 4.79 Å². The lowest BCUT2D eigenvalue weighted by Crippen LogP contribution is -2.57. The first-order chi connectivity index (χ1) is 8.22. The van der Waals surface area contributed by atoms with E-state index in [1.807, 2.05) is 23.2 Å². The summed E-state index contributed by atoms with van der Waals surface area (Å²) in [5.41, 5.74) is 1.20. The van der Waals surface area contributed by atoms with Gasteiger partial charge in [-0.3, -0.25) is 4.79 Å². The van der Waals surface area contributed by atoms with Gasteiger partial charge < -0.3 is 10.2 Å². The van der Waals surface area contributed by atoms with Gasteiger partial charge in [0.1, 0.15) is 5.82 Å². The van der Waals surface area contributed by atoms with Crippen molar-refractivity contribution in [3.63, 3.8) is 0 Å². The normalized spacial score (nSPS) is 19.9. The molecule has 2 heterocycles. The van der Waals surface area contributed by atoms with Gasteiger partial charge in [-0.25, -0.2) is 4.98 Å². The fourth-order valence-corrected chi connectivity index (χ4v) is 2.16. The van der Waals surface area contributed by atoms with Crippen molar-refractivity contribution in [2.75, 3.05) is 18.4 Å². The standard InChI is InChI=1S/C13H17N3O/c1-9-4-5-14-12(6-9)15-11-7-16(8-11)13(17)10-2-3-10/h4-6,10-11H,2-3,7-8H2,1H3,(H,14,15). The highest BCUT2D eigenvalue weighted by atomic mass is 16.2. The zero-order valence-corrected chi connectivity index (χ0v) is 10.0. The van der Waals surface area contributed by atoms with Gasteiger partial charge in [-0.1, -0.05) is 0 Å². The van der Waals surface area contributed by atoms with Crippen LogP contribution in [0.25, 0.3) is 0 Å². The number of likely N-dealkylation sites (tertiary alicyclic amines) is 1. The second kappa shape index (κ2) is 4.02. The highest BCUT2D eigenvalue weighted by molar-refractivity contribution is 5.82. The Labute approximate surface area is 101 Å². The van der Waals surface area contributed by atoms with E-state index in [0.29, 0.717) is 17.9 Å². The van der Waals surface area contributed by atoms with Gasteiger partial charge in [-0.2, -0.15) is 0 Å². The van der Waals surface area contributed by atoms with Crippen LogP contribution < -0.4 is 5.32 Å². The van der Waals surface area contributed by atoms with Crippen molar-refractivity contribution in [2.45, 2.75) is 25.8 Å². The van der Waals surface area contributed by atoms with Crippen LogP contribution in [0.3, 0.4) is 0 Å². The first kappa shape index (κ1) is 10.6. The summed E-state index contributed by atoms with van der Waals surface area (Å²) in [6.45, 7) is 3.70. The fraction of sp³-hybridized carbons (Fsp3) is 0.538. The third-order valence-corrected chi connectivity index (χ3v) is 3.39. The summed E-state index contributed by atoms with van der Waals surface area (Å²) in [6.07, 6.45) is 3.99. The van der Waals surface area contributed by atoms with E-state index in [0.717, 1.165) is 31.7 Å². The summed E-state index contributed by atoms with van der Waals surface area (Å²) in [5, 5.41) is 3.36. The minimum Gasteiger partial charge on any atom is -0.364 e. The lowest BCUT2D eigenvalue weighted by Gasteiger charge is -2.40. The lowest BCUT2D eigenvalue weighted by molar-refractivity contribution is -0.136. The Morgan fingerprint density at radius 2 is 2.24 bits per heavy atom. The Morgan fingerprint density at radius 1 is 1.47 bits per heavy atom. The maximum Gasteiger partial charge on any atom is 0.225 e. The van der Waals surface area contributed by atoms with E-state index in [9.17, 15) is 4.79 Å². The molecule has 1 aromatic rings. The maximum atomic E-state index is 11.7. The minimum absolute atomic E-state index is 0.341. The van der Waals surface area contributed by atoms with E-state index in [1.54, 1.807) is 0 Å². The van der Waals surface area contributed by atoms with Gasteiger partial charge in [-0.05, 0) is 37.5 Å². The van der Waals surface area contributed by atoms with Gasteiger partial charge >= 0.3 is 0 Å². The number of rotatable bonds is 3. The van der Waals surface area contributed by atoms with Gasteiger partial charge in [0.2, 0.25) is 5.91 Å². The van der Waals surface area contributed by atoms with E-state index in [1.165, 1.54) is 5.56 Å². The molecule has 90 valence electrons. The minimum atomic E-state index is 0.341. The van der Waals surface area contributed by atoms with Crippen molar-refractivity contribution < 1.29 is 4.79 Å². The molecule has 1 saturated heterocycles. The molecule has 1 aliphatic heterocycles. The molecule has 0 radical (unpaired) electrons. The average molecular weight is 231 g/mol. The highest BCUT2D eigenvalue weighted by Gasteiger charge is 2.39. The molecule has 4 nitrogen and oxygen atoms in total. The number of aryl methyl sites for hydroxylation is 1. The molecule has 0 bridgehead atoms. The van der Waals surface area contributed by atoms with Gasteiger partial charge in [0.05, 0.1) is 6.04 Å². The molecule has 3 rings (SSSR count). The second-order valence-corrected chi connectivity index (χ2v) is 5.08. The van der Waals surface area contributed by atoms with Crippen molar-refractivity contribution in [3.8, 4) is 0 Å².